The van der Waals surface area contributed by atoms with Gasteiger partial charge in [0.15, 0.2) is 0 Å². The van der Waals surface area contributed by atoms with Gasteiger partial charge in [0.25, 0.3) is 0 Å². The van der Waals surface area contributed by atoms with Crippen molar-refractivity contribution < 1.29 is 5.11 Å². The van der Waals surface area contributed by atoms with Crippen molar-refractivity contribution in [3.8, 4) is 0 Å². The van der Waals surface area contributed by atoms with Crippen molar-refractivity contribution in [3.63, 3.8) is 0 Å². The third-order valence-corrected chi connectivity index (χ3v) is 4.95. The van der Waals surface area contributed by atoms with Gasteiger partial charge in [0, 0.05) is 16.7 Å². The lowest BCUT2D eigenvalue weighted by atomic mass is 9.80. The fourth-order valence-corrected chi connectivity index (χ4v) is 2.89. The van der Waals surface area contributed by atoms with E-state index in [-0.39, 0.29) is 12.1 Å². The second kappa shape index (κ2) is 5.78. The first kappa shape index (κ1) is 14.1. The number of rotatable bonds is 3. The van der Waals surface area contributed by atoms with E-state index in [1.54, 1.807) is 0 Å². The van der Waals surface area contributed by atoms with Crippen LogP contribution in [0.5, 0.6) is 0 Å². The molecule has 1 saturated heterocycles. The smallest absolute Gasteiger partial charge is 0.0665 e. The van der Waals surface area contributed by atoms with Gasteiger partial charge in [0.05, 0.1) is 17.2 Å². The molecule has 1 aromatic rings. The molecule has 100 valence electrons. The first-order valence-electron chi connectivity index (χ1n) is 6.12. The van der Waals surface area contributed by atoms with Gasteiger partial charge in [-0.05, 0) is 53.0 Å². The van der Waals surface area contributed by atoms with Crippen molar-refractivity contribution in [1.29, 1.82) is 0 Å². The molecule has 0 aromatic heterocycles. The van der Waals surface area contributed by atoms with E-state index in [9.17, 15) is 5.11 Å². The zero-order chi connectivity index (χ0) is 13.2. The monoisotopic (exact) mass is 332 g/mol. The molecule has 1 aromatic carbocycles. The van der Waals surface area contributed by atoms with Crippen LogP contribution in [0.25, 0.3) is 0 Å². The number of aliphatic hydroxyl groups is 1. The summed E-state index contributed by atoms with van der Waals surface area (Å²) in [6.45, 7) is 4.13. The van der Waals surface area contributed by atoms with Crippen LogP contribution in [0.15, 0.2) is 22.7 Å². The SMILES string of the molecule is CC1CNCCC1(CO)Nc1ccc(Cl)c(Br)c1. The summed E-state index contributed by atoms with van der Waals surface area (Å²) in [6, 6.07) is 5.75. The number of benzene rings is 1. The quantitative estimate of drug-likeness (QED) is 0.797. The van der Waals surface area contributed by atoms with E-state index in [0.29, 0.717) is 10.9 Å². The predicted molar refractivity (Wildman–Crippen MR) is 79.2 cm³/mol. The fraction of sp³-hybridized carbons (Fsp3) is 0.538. The minimum Gasteiger partial charge on any atom is -0.394 e. The molecule has 2 rings (SSSR count). The van der Waals surface area contributed by atoms with Crippen molar-refractivity contribution in [3.05, 3.63) is 27.7 Å². The van der Waals surface area contributed by atoms with E-state index in [4.69, 9.17) is 11.6 Å². The molecule has 18 heavy (non-hydrogen) atoms. The molecule has 0 bridgehead atoms. The Morgan fingerprint density at radius 2 is 2.39 bits per heavy atom. The Kier molecular flexibility index (Phi) is 4.54. The molecular formula is C13H18BrClN2O. The number of anilines is 1. The molecule has 0 amide bonds. The van der Waals surface area contributed by atoms with E-state index in [1.165, 1.54) is 0 Å². The van der Waals surface area contributed by atoms with Crippen LogP contribution < -0.4 is 10.6 Å². The summed E-state index contributed by atoms with van der Waals surface area (Å²) in [7, 11) is 0. The van der Waals surface area contributed by atoms with Crippen molar-refractivity contribution >= 4 is 33.2 Å². The summed E-state index contributed by atoms with van der Waals surface area (Å²) in [6.07, 6.45) is 0.908. The van der Waals surface area contributed by atoms with Crippen LogP contribution in [0.2, 0.25) is 5.02 Å². The first-order valence-corrected chi connectivity index (χ1v) is 7.29. The summed E-state index contributed by atoms with van der Waals surface area (Å²) in [5.41, 5.74) is 0.729. The molecule has 0 aliphatic carbocycles. The Labute approximate surface area is 121 Å². The lowest BCUT2D eigenvalue weighted by Gasteiger charge is -2.43. The number of hydrogen-bond acceptors (Lipinski definition) is 3. The van der Waals surface area contributed by atoms with Crippen molar-refractivity contribution in [2.75, 3.05) is 25.0 Å². The maximum absolute atomic E-state index is 9.77. The minimum atomic E-state index is -0.251. The highest BCUT2D eigenvalue weighted by molar-refractivity contribution is 9.10. The van der Waals surface area contributed by atoms with Crippen LogP contribution in [0.1, 0.15) is 13.3 Å². The molecule has 1 fully saturated rings. The highest BCUT2D eigenvalue weighted by Gasteiger charge is 2.37. The van der Waals surface area contributed by atoms with Gasteiger partial charge >= 0.3 is 0 Å². The maximum Gasteiger partial charge on any atom is 0.0665 e. The highest BCUT2D eigenvalue weighted by Crippen LogP contribution is 2.31. The average Bonchev–Trinajstić information content (AvgIpc) is 2.37. The van der Waals surface area contributed by atoms with Gasteiger partial charge in [0.1, 0.15) is 0 Å². The molecule has 0 saturated carbocycles. The molecule has 2 atom stereocenters. The van der Waals surface area contributed by atoms with Gasteiger partial charge in [-0.1, -0.05) is 18.5 Å². The molecule has 0 radical (unpaired) electrons. The van der Waals surface area contributed by atoms with Crippen LogP contribution in [-0.4, -0.2) is 30.3 Å². The van der Waals surface area contributed by atoms with Gasteiger partial charge < -0.3 is 15.7 Å². The largest absolute Gasteiger partial charge is 0.394 e. The lowest BCUT2D eigenvalue weighted by molar-refractivity contribution is 0.135. The van der Waals surface area contributed by atoms with E-state index >= 15 is 0 Å². The highest BCUT2D eigenvalue weighted by atomic mass is 79.9. The molecule has 0 spiro atoms. The Balaban J connectivity index is 2.21. The molecule has 2 unspecified atom stereocenters. The topological polar surface area (TPSA) is 44.3 Å². The second-order valence-corrected chi connectivity index (χ2v) is 6.18. The van der Waals surface area contributed by atoms with E-state index < -0.39 is 0 Å². The van der Waals surface area contributed by atoms with Crippen molar-refractivity contribution in [2.24, 2.45) is 5.92 Å². The third kappa shape index (κ3) is 2.82. The van der Waals surface area contributed by atoms with Crippen LogP contribution in [0.4, 0.5) is 5.69 Å². The Bertz CT molecular complexity index is 429. The zero-order valence-electron chi connectivity index (χ0n) is 10.3. The number of halogens is 2. The van der Waals surface area contributed by atoms with Gasteiger partial charge in [-0.2, -0.15) is 0 Å². The van der Waals surface area contributed by atoms with Crippen LogP contribution >= 0.6 is 27.5 Å². The van der Waals surface area contributed by atoms with Gasteiger partial charge in [-0.25, -0.2) is 0 Å². The molecule has 5 heteroatoms. The molecule has 3 nitrogen and oxygen atoms in total. The zero-order valence-corrected chi connectivity index (χ0v) is 12.7. The molecule has 1 aliphatic heterocycles. The number of aliphatic hydroxyl groups excluding tert-OH is 1. The van der Waals surface area contributed by atoms with E-state index in [1.807, 2.05) is 18.2 Å². The van der Waals surface area contributed by atoms with Gasteiger partial charge in [0.2, 0.25) is 0 Å². The Morgan fingerprint density at radius 3 is 3.00 bits per heavy atom. The molecule has 1 heterocycles. The van der Waals surface area contributed by atoms with Crippen molar-refractivity contribution in [1.82, 2.24) is 5.32 Å². The Hall–Kier alpha value is -0.290. The van der Waals surface area contributed by atoms with Crippen LogP contribution in [0, 0.1) is 5.92 Å². The number of nitrogens with one attached hydrogen (secondary N) is 2. The summed E-state index contributed by atoms with van der Waals surface area (Å²) in [5.74, 6) is 0.366. The second-order valence-electron chi connectivity index (χ2n) is 4.92. The average molecular weight is 334 g/mol. The van der Waals surface area contributed by atoms with Crippen molar-refractivity contribution in [2.45, 2.75) is 18.9 Å². The van der Waals surface area contributed by atoms with E-state index in [0.717, 1.165) is 29.7 Å². The summed E-state index contributed by atoms with van der Waals surface area (Å²) < 4.78 is 0.865. The normalized spacial score (nSPS) is 28.1. The third-order valence-electron chi connectivity index (χ3n) is 3.74. The summed E-state index contributed by atoms with van der Waals surface area (Å²) in [5, 5.41) is 17.3. The number of hydrogen-bond donors (Lipinski definition) is 3. The number of piperidine rings is 1. The lowest BCUT2D eigenvalue weighted by Crippen LogP contribution is -2.56. The summed E-state index contributed by atoms with van der Waals surface area (Å²) in [4.78, 5) is 0. The van der Waals surface area contributed by atoms with Crippen LogP contribution in [0.3, 0.4) is 0 Å². The fourth-order valence-electron chi connectivity index (χ4n) is 2.39. The van der Waals surface area contributed by atoms with Gasteiger partial charge in [-0.3, -0.25) is 0 Å². The molecule has 3 N–H and O–H groups in total. The van der Waals surface area contributed by atoms with Crippen LogP contribution in [-0.2, 0) is 0 Å². The van der Waals surface area contributed by atoms with E-state index in [2.05, 4.69) is 33.5 Å². The minimum absolute atomic E-state index is 0.135. The Morgan fingerprint density at radius 1 is 1.61 bits per heavy atom. The first-order chi connectivity index (χ1) is 8.57. The maximum atomic E-state index is 9.77. The molecular weight excluding hydrogens is 316 g/mol. The predicted octanol–water partition coefficient (Wildman–Crippen LogP) is 2.87. The van der Waals surface area contributed by atoms with Gasteiger partial charge in [-0.15, -0.1) is 0 Å². The summed E-state index contributed by atoms with van der Waals surface area (Å²) >= 11 is 9.41. The standard InChI is InChI=1S/C13H18BrClN2O/c1-9-7-16-5-4-13(9,8-18)17-10-2-3-12(15)11(14)6-10/h2-3,6,9,16-18H,4-5,7-8H2,1H3. The molecule has 1 aliphatic rings.